The largest absolute Gasteiger partial charge is 0.246 e. The summed E-state index contributed by atoms with van der Waals surface area (Å²) in [6.07, 6.45) is 1.82. The second-order valence-corrected chi connectivity index (χ2v) is 7.64. The zero-order valence-corrected chi connectivity index (χ0v) is 11.3. The quantitative estimate of drug-likeness (QED) is 0.838. The maximum absolute atomic E-state index is 11.4. The highest BCUT2D eigenvalue weighted by atomic mass is 32.2. The van der Waals surface area contributed by atoms with Gasteiger partial charge in [-0.2, -0.15) is 0 Å². The molecule has 0 bridgehead atoms. The molecule has 0 radical (unpaired) electrons. The molecule has 1 aromatic heterocycles. The first-order chi connectivity index (χ1) is 7.52. The molecule has 2 heterocycles. The Morgan fingerprint density at radius 2 is 2.38 bits per heavy atom. The van der Waals surface area contributed by atoms with E-state index in [4.69, 9.17) is 0 Å². The third-order valence-corrected chi connectivity index (χ3v) is 6.03. The number of nitrogens with zero attached hydrogens (tertiary/aromatic N) is 1. The van der Waals surface area contributed by atoms with Crippen LogP contribution in [-0.4, -0.2) is 24.9 Å². The molecule has 16 heavy (non-hydrogen) atoms. The van der Waals surface area contributed by atoms with E-state index in [0.29, 0.717) is 17.4 Å². The lowest BCUT2D eigenvalue weighted by Crippen LogP contribution is -2.04. The number of thiazole rings is 1. The van der Waals surface area contributed by atoms with E-state index in [0.717, 1.165) is 23.5 Å². The van der Waals surface area contributed by atoms with E-state index < -0.39 is 9.84 Å². The van der Waals surface area contributed by atoms with Crippen molar-refractivity contribution in [2.24, 2.45) is 0 Å². The van der Waals surface area contributed by atoms with Gasteiger partial charge in [-0.25, -0.2) is 13.4 Å². The van der Waals surface area contributed by atoms with Gasteiger partial charge in [0.2, 0.25) is 0 Å². The molecule has 90 valence electrons. The molecule has 0 spiro atoms. The summed E-state index contributed by atoms with van der Waals surface area (Å²) in [6, 6.07) is 0. The fourth-order valence-electron chi connectivity index (χ4n) is 1.91. The van der Waals surface area contributed by atoms with Crippen molar-refractivity contribution in [3.8, 4) is 0 Å². The van der Waals surface area contributed by atoms with Gasteiger partial charge in [0.25, 0.3) is 0 Å². The second kappa shape index (κ2) is 4.45. The lowest BCUT2D eigenvalue weighted by atomic mass is 10.1. The molecule has 1 fully saturated rings. The third kappa shape index (κ3) is 2.46. The molecule has 2 rings (SSSR count). The van der Waals surface area contributed by atoms with Gasteiger partial charge in [-0.15, -0.1) is 11.3 Å². The highest BCUT2D eigenvalue weighted by Gasteiger charge is 2.31. The molecule has 1 aliphatic heterocycles. The number of hydrogen-bond acceptors (Lipinski definition) is 4. The SMILES string of the molecule is CCC(C)c1csc(C2CCS(=O)(=O)C2)n1. The molecule has 0 saturated carbocycles. The molecule has 0 amide bonds. The number of rotatable bonds is 3. The van der Waals surface area contributed by atoms with E-state index in [1.807, 2.05) is 0 Å². The summed E-state index contributed by atoms with van der Waals surface area (Å²) in [4.78, 5) is 4.58. The lowest BCUT2D eigenvalue weighted by Gasteiger charge is -2.04. The molecule has 3 nitrogen and oxygen atoms in total. The Balaban J connectivity index is 2.14. The number of hydrogen-bond donors (Lipinski definition) is 0. The first kappa shape index (κ1) is 12.0. The van der Waals surface area contributed by atoms with Crippen LogP contribution in [0.5, 0.6) is 0 Å². The van der Waals surface area contributed by atoms with Crippen LogP contribution in [0.15, 0.2) is 5.38 Å². The molecular formula is C11H17NO2S2. The molecule has 2 unspecified atom stereocenters. The van der Waals surface area contributed by atoms with Crippen LogP contribution in [0.4, 0.5) is 0 Å². The van der Waals surface area contributed by atoms with Gasteiger partial charge in [-0.1, -0.05) is 13.8 Å². The van der Waals surface area contributed by atoms with Crippen LogP contribution in [0.25, 0.3) is 0 Å². The van der Waals surface area contributed by atoms with Crippen LogP contribution in [0.2, 0.25) is 0 Å². The normalized spacial score (nSPS) is 25.8. The standard InChI is InChI=1S/C11H17NO2S2/c1-3-8(2)10-6-15-11(12-10)9-4-5-16(13,14)7-9/h6,8-9H,3-5,7H2,1-2H3. The zero-order valence-electron chi connectivity index (χ0n) is 9.64. The van der Waals surface area contributed by atoms with Crippen LogP contribution in [0, 0.1) is 0 Å². The van der Waals surface area contributed by atoms with E-state index in [-0.39, 0.29) is 5.92 Å². The maximum Gasteiger partial charge on any atom is 0.151 e. The Morgan fingerprint density at radius 1 is 1.62 bits per heavy atom. The van der Waals surface area contributed by atoms with Crippen LogP contribution in [0.3, 0.4) is 0 Å². The van der Waals surface area contributed by atoms with Crippen LogP contribution in [0.1, 0.15) is 49.2 Å². The molecule has 2 atom stereocenters. The fourth-order valence-corrected chi connectivity index (χ4v) is 4.85. The van der Waals surface area contributed by atoms with Crippen LogP contribution < -0.4 is 0 Å². The molecule has 0 aromatic carbocycles. The van der Waals surface area contributed by atoms with Crippen molar-refractivity contribution in [1.82, 2.24) is 4.98 Å². The van der Waals surface area contributed by atoms with Gasteiger partial charge in [0.1, 0.15) is 0 Å². The molecule has 0 aliphatic carbocycles. The number of aromatic nitrogens is 1. The average molecular weight is 259 g/mol. The first-order valence-corrected chi connectivity index (χ1v) is 8.37. The first-order valence-electron chi connectivity index (χ1n) is 5.67. The summed E-state index contributed by atoms with van der Waals surface area (Å²) in [6.45, 7) is 4.30. The summed E-state index contributed by atoms with van der Waals surface area (Å²) < 4.78 is 22.8. The molecular weight excluding hydrogens is 242 g/mol. The van der Waals surface area contributed by atoms with Gasteiger partial charge in [0, 0.05) is 11.3 Å². The summed E-state index contributed by atoms with van der Waals surface area (Å²) in [5.41, 5.74) is 1.12. The van der Waals surface area contributed by atoms with Crippen molar-refractivity contribution in [2.75, 3.05) is 11.5 Å². The van der Waals surface area contributed by atoms with Crippen molar-refractivity contribution in [2.45, 2.75) is 38.5 Å². The Labute approximate surface area is 101 Å². The highest BCUT2D eigenvalue weighted by molar-refractivity contribution is 7.91. The van der Waals surface area contributed by atoms with Crippen LogP contribution in [-0.2, 0) is 9.84 Å². The van der Waals surface area contributed by atoms with E-state index in [1.165, 1.54) is 0 Å². The summed E-state index contributed by atoms with van der Waals surface area (Å²) in [5.74, 6) is 1.24. The molecule has 0 N–H and O–H groups in total. The minimum atomic E-state index is -2.79. The minimum absolute atomic E-state index is 0.146. The van der Waals surface area contributed by atoms with Crippen molar-refractivity contribution >= 4 is 21.2 Å². The van der Waals surface area contributed by atoms with Crippen molar-refractivity contribution in [3.05, 3.63) is 16.1 Å². The Hall–Kier alpha value is -0.420. The van der Waals surface area contributed by atoms with E-state index in [9.17, 15) is 8.42 Å². The van der Waals surface area contributed by atoms with Gasteiger partial charge in [0.05, 0.1) is 22.2 Å². The van der Waals surface area contributed by atoms with Crippen molar-refractivity contribution in [3.63, 3.8) is 0 Å². The molecule has 5 heteroatoms. The topological polar surface area (TPSA) is 47.0 Å². The van der Waals surface area contributed by atoms with E-state index in [1.54, 1.807) is 11.3 Å². The summed E-state index contributed by atoms with van der Waals surface area (Å²) >= 11 is 1.62. The van der Waals surface area contributed by atoms with E-state index in [2.05, 4.69) is 24.2 Å². The summed E-state index contributed by atoms with van der Waals surface area (Å²) in [5, 5.41) is 3.09. The summed E-state index contributed by atoms with van der Waals surface area (Å²) in [7, 11) is -2.79. The van der Waals surface area contributed by atoms with Gasteiger partial charge in [-0.3, -0.25) is 0 Å². The predicted molar refractivity (Wildman–Crippen MR) is 66.8 cm³/mol. The predicted octanol–water partition coefficient (Wildman–Crippen LogP) is 2.56. The minimum Gasteiger partial charge on any atom is -0.246 e. The smallest absolute Gasteiger partial charge is 0.151 e. The zero-order chi connectivity index (χ0) is 11.8. The third-order valence-electron chi connectivity index (χ3n) is 3.24. The van der Waals surface area contributed by atoms with Gasteiger partial charge >= 0.3 is 0 Å². The van der Waals surface area contributed by atoms with E-state index >= 15 is 0 Å². The molecule has 1 aliphatic rings. The molecule has 1 aromatic rings. The Kier molecular flexibility index (Phi) is 3.35. The Bertz CT molecular complexity index is 464. The Morgan fingerprint density at radius 3 is 2.94 bits per heavy atom. The van der Waals surface area contributed by atoms with Gasteiger partial charge < -0.3 is 0 Å². The van der Waals surface area contributed by atoms with Gasteiger partial charge in [-0.05, 0) is 18.8 Å². The lowest BCUT2D eigenvalue weighted by molar-refractivity contribution is 0.601. The van der Waals surface area contributed by atoms with Gasteiger partial charge in [0.15, 0.2) is 9.84 Å². The van der Waals surface area contributed by atoms with Crippen molar-refractivity contribution in [1.29, 1.82) is 0 Å². The highest BCUT2D eigenvalue weighted by Crippen LogP contribution is 2.32. The second-order valence-electron chi connectivity index (χ2n) is 4.52. The monoisotopic (exact) mass is 259 g/mol. The maximum atomic E-state index is 11.4. The van der Waals surface area contributed by atoms with Crippen LogP contribution >= 0.6 is 11.3 Å². The van der Waals surface area contributed by atoms with Crippen molar-refractivity contribution < 1.29 is 8.42 Å². The average Bonchev–Trinajstić information content (AvgIpc) is 2.83. The number of sulfone groups is 1. The fraction of sp³-hybridized carbons (Fsp3) is 0.727. The molecule has 1 saturated heterocycles.